The maximum absolute atomic E-state index is 4.55. The Kier molecular flexibility index (Phi) is 5.00. The first-order chi connectivity index (χ1) is 7.56. The lowest BCUT2D eigenvalue weighted by Gasteiger charge is -2.12. The number of hydrogen-bond donors (Lipinski definition) is 1. The molecule has 0 amide bonds. The van der Waals surface area contributed by atoms with E-state index in [-0.39, 0.29) is 0 Å². The third kappa shape index (κ3) is 3.34. The minimum Gasteiger partial charge on any atom is -0.315 e. The van der Waals surface area contributed by atoms with E-state index in [4.69, 9.17) is 0 Å². The van der Waals surface area contributed by atoms with Crippen molar-refractivity contribution in [1.29, 1.82) is 0 Å². The second-order valence-electron chi connectivity index (χ2n) is 4.62. The standard InChI is InChI=1S/C13H25N3/c1-6-14-10(2)8-7-9-16-13(5)11(3)12(4)15-16/h10,14H,6-9H2,1-5H3. The summed E-state index contributed by atoms with van der Waals surface area (Å²) in [6, 6.07) is 0.614. The van der Waals surface area contributed by atoms with Gasteiger partial charge >= 0.3 is 0 Å². The van der Waals surface area contributed by atoms with Gasteiger partial charge in [0.05, 0.1) is 5.69 Å². The molecule has 0 aliphatic rings. The molecule has 3 heteroatoms. The molecule has 92 valence electrons. The molecule has 0 bridgehead atoms. The SMILES string of the molecule is CCNC(C)CCCn1nc(C)c(C)c1C. The van der Waals surface area contributed by atoms with Crippen molar-refractivity contribution in [2.24, 2.45) is 0 Å². The number of rotatable bonds is 6. The van der Waals surface area contributed by atoms with E-state index in [1.165, 1.54) is 24.1 Å². The fourth-order valence-electron chi connectivity index (χ4n) is 2.00. The van der Waals surface area contributed by atoms with Gasteiger partial charge in [0.1, 0.15) is 0 Å². The fourth-order valence-corrected chi connectivity index (χ4v) is 2.00. The summed E-state index contributed by atoms with van der Waals surface area (Å²) >= 11 is 0. The van der Waals surface area contributed by atoms with E-state index in [1.54, 1.807) is 0 Å². The Morgan fingerprint density at radius 1 is 1.31 bits per heavy atom. The van der Waals surface area contributed by atoms with Gasteiger partial charge in [-0.3, -0.25) is 4.68 Å². The van der Waals surface area contributed by atoms with Gasteiger partial charge in [-0.05, 0) is 52.6 Å². The van der Waals surface area contributed by atoms with Crippen LogP contribution in [0.2, 0.25) is 0 Å². The molecule has 1 aromatic heterocycles. The number of nitrogens with zero attached hydrogens (tertiary/aromatic N) is 2. The normalized spacial score (nSPS) is 13.1. The predicted molar refractivity (Wildman–Crippen MR) is 68.8 cm³/mol. The number of nitrogens with one attached hydrogen (secondary N) is 1. The molecular formula is C13H25N3. The van der Waals surface area contributed by atoms with Crippen LogP contribution in [0.15, 0.2) is 0 Å². The number of aryl methyl sites for hydroxylation is 2. The van der Waals surface area contributed by atoms with Crippen LogP contribution in [-0.4, -0.2) is 22.4 Å². The zero-order valence-electron chi connectivity index (χ0n) is 11.3. The monoisotopic (exact) mass is 223 g/mol. The molecule has 0 aromatic carbocycles. The first-order valence-electron chi connectivity index (χ1n) is 6.30. The third-order valence-corrected chi connectivity index (χ3v) is 3.30. The second kappa shape index (κ2) is 6.04. The Morgan fingerprint density at radius 3 is 2.50 bits per heavy atom. The molecule has 3 nitrogen and oxygen atoms in total. The van der Waals surface area contributed by atoms with Crippen molar-refractivity contribution in [2.75, 3.05) is 6.54 Å². The molecule has 1 N–H and O–H groups in total. The Balaban J connectivity index is 2.40. The van der Waals surface area contributed by atoms with E-state index < -0.39 is 0 Å². The molecule has 1 aromatic rings. The minimum atomic E-state index is 0.614. The maximum atomic E-state index is 4.55. The van der Waals surface area contributed by atoms with Gasteiger partial charge < -0.3 is 5.32 Å². The van der Waals surface area contributed by atoms with Gasteiger partial charge in [-0.1, -0.05) is 6.92 Å². The third-order valence-electron chi connectivity index (χ3n) is 3.30. The van der Waals surface area contributed by atoms with Crippen molar-refractivity contribution >= 4 is 0 Å². The zero-order valence-corrected chi connectivity index (χ0v) is 11.3. The molecule has 1 heterocycles. The van der Waals surface area contributed by atoms with Crippen LogP contribution in [0, 0.1) is 20.8 Å². The zero-order chi connectivity index (χ0) is 12.1. The van der Waals surface area contributed by atoms with E-state index in [0.717, 1.165) is 18.8 Å². The average molecular weight is 223 g/mol. The summed E-state index contributed by atoms with van der Waals surface area (Å²) in [5.74, 6) is 0. The summed E-state index contributed by atoms with van der Waals surface area (Å²) in [4.78, 5) is 0. The molecule has 0 saturated heterocycles. The summed E-state index contributed by atoms with van der Waals surface area (Å²) in [6.07, 6.45) is 2.40. The molecular weight excluding hydrogens is 198 g/mol. The van der Waals surface area contributed by atoms with Crippen LogP contribution in [0.3, 0.4) is 0 Å². The average Bonchev–Trinajstić information content (AvgIpc) is 2.47. The van der Waals surface area contributed by atoms with Crippen molar-refractivity contribution in [1.82, 2.24) is 15.1 Å². The highest BCUT2D eigenvalue weighted by molar-refractivity contribution is 5.21. The Morgan fingerprint density at radius 2 is 2.00 bits per heavy atom. The quantitative estimate of drug-likeness (QED) is 0.803. The van der Waals surface area contributed by atoms with Crippen LogP contribution in [0.1, 0.15) is 43.6 Å². The molecule has 16 heavy (non-hydrogen) atoms. The number of hydrogen-bond acceptors (Lipinski definition) is 2. The molecule has 1 unspecified atom stereocenters. The Hall–Kier alpha value is -0.830. The van der Waals surface area contributed by atoms with Crippen molar-refractivity contribution in [3.8, 4) is 0 Å². The van der Waals surface area contributed by atoms with Crippen LogP contribution in [0.5, 0.6) is 0 Å². The largest absolute Gasteiger partial charge is 0.315 e. The topological polar surface area (TPSA) is 29.9 Å². The lowest BCUT2D eigenvalue weighted by molar-refractivity contribution is 0.467. The highest BCUT2D eigenvalue weighted by Crippen LogP contribution is 2.12. The van der Waals surface area contributed by atoms with E-state index in [1.807, 2.05) is 0 Å². The minimum absolute atomic E-state index is 0.614. The summed E-state index contributed by atoms with van der Waals surface area (Å²) in [5, 5.41) is 7.98. The van der Waals surface area contributed by atoms with Crippen LogP contribution in [0.25, 0.3) is 0 Å². The summed E-state index contributed by atoms with van der Waals surface area (Å²) < 4.78 is 2.14. The van der Waals surface area contributed by atoms with Gasteiger partial charge in [0.25, 0.3) is 0 Å². The molecule has 0 saturated carbocycles. The van der Waals surface area contributed by atoms with E-state index in [9.17, 15) is 0 Å². The molecule has 0 fully saturated rings. The van der Waals surface area contributed by atoms with Gasteiger partial charge in [0.2, 0.25) is 0 Å². The molecule has 0 aliphatic heterocycles. The smallest absolute Gasteiger partial charge is 0.0625 e. The second-order valence-corrected chi connectivity index (χ2v) is 4.62. The lowest BCUT2D eigenvalue weighted by atomic mass is 10.2. The summed E-state index contributed by atoms with van der Waals surface area (Å²) in [7, 11) is 0. The fraction of sp³-hybridized carbons (Fsp3) is 0.769. The van der Waals surface area contributed by atoms with Gasteiger partial charge in [0, 0.05) is 18.3 Å². The van der Waals surface area contributed by atoms with Crippen molar-refractivity contribution in [2.45, 2.75) is 60.0 Å². The van der Waals surface area contributed by atoms with Gasteiger partial charge in [-0.15, -0.1) is 0 Å². The van der Waals surface area contributed by atoms with E-state index >= 15 is 0 Å². The highest BCUT2D eigenvalue weighted by atomic mass is 15.3. The van der Waals surface area contributed by atoms with Crippen LogP contribution < -0.4 is 5.32 Å². The van der Waals surface area contributed by atoms with Crippen molar-refractivity contribution in [3.05, 3.63) is 17.0 Å². The van der Waals surface area contributed by atoms with Crippen molar-refractivity contribution in [3.63, 3.8) is 0 Å². The maximum Gasteiger partial charge on any atom is 0.0625 e. The van der Waals surface area contributed by atoms with Crippen molar-refractivity contribution < 1.29 is 0 Å². The van der Waals surface area contributed by atoms with E-state index in [0.29, 0.717) is 6.04 Å². The van der Waals surface area contributed by atoms with Gasteiger partial charge in [0.15, 0.2) is 0 Å². The first kappa shape index (κ1) is 13.2. The molecule has 0 aliphatic carbocycles. The first-order valence-corrected chi connectivity index (χ1v) is 6.30. The summed E-state index contributed by atoms with van der Waals surface area (Å²) in [6.45, 7) is 12.9. The molecule has 1 rings (SSSR count). The molecule has 1 atom stereocenters. The van der Waals surface area contributed by atoms with Crippen LogP contribution in [-0.2, 0) is 6.54 Å². The summed E-state index contributed by atoms with van der Waals surface area (Å²) in [5.41, 5.74) is 3.81. The predicted octanol–water partition coefficient (Wildman–Crippen LogP) is 2.59. The van der Waals surface area contributed by atoms with E-state index in [2.05, 4.69) is 49.7 Å². The molecule has 0 spiro atoms. The van der Waals surface area contributed by atoms with Crippen LogP contribution in [0.4, 0.5) is 0 Å². The molecule has 0 radical (unpaired) electrons. The van der Waals surface area contributed by atoms with Crippen LogP contribution >= 0.6 is 0 Å². The van der Waals surface area contributed by atoms with Gasteiger partial charge in [-0.2, -0.15) is 5.10 Å². The van der Waals surface area contributed by atoms with Gasteiger partial charge in [-0.25, -0.2) is 0 Å². The Labute approximate surface area is 99.2 Å². The number of aromatic nitrogens is 2. The highest BCUT2D eigenvalue weighted by Gasteiger charge is 2.07. The lowest BCUT2D eigenvalue weighted by Crippen LogP contribution is -2.25. The Bertz CT molecular complexity index is 328.